The summed E-state index contributed by atoms with van der Waals surface area (Å²) in [5.41, 5.74) is 4.78. The molecule has 0 saturated carbocycles. The zero-order valence-electron chi connectivity index (χ0n) is 5.11. The monoisotopic (exact) mass is 227 g/mol. The third-order valence-corrected chi connectivity index (χ3v) is 0.129. The van der Waals surface area contributed by atoms with Crippen molar-refractivity contribution in [3.8, 4) is 0 Å². The Morgan fingerprint density at radius 1 is 1.67 bits per heavy atom. The van der Waals surface area contributed by atoms with E-state index < -0.39 is 5.97 Å². The van der Waals surface area contributed by atoms with Gasteiger partial charge in [0.05, 0.1) is 6.61 Å². The van der Waals surface area contributed by atoms with E-state index in [0.717, 1.165) is 6.92 Å². The average molecular weight is 228 g/mol. The van der Waals surface area contributed by atoms with Crippen molar-refractivity contribution < 1.29 is 35.4 Å². The number of aliphatic hydroxyl groups excluding tert-OH is 1. The second kappa shape index (κ2) is 15.7. The summed E-state index contributed by atoms with van der Waals surface area (Å²) in [6.07, 6.45) is 0. The molecule has 0 rings (SSSR count). The Morgan fingerprint density at radius 2 is 1.78 bits per heavy atom. The average Bonchev–Trinajstić information content (AvgIpc) is 1.65. The maximum absolute atomic E-state index is 9.00. The predicted molar refractivity (Wildman–Crippen MR) is 29.4 cm³/mol. The quantitative estimate of drug-likeness (QED) is 0.503. The maximum atomic E-state index is 9.00. The van der Waals surface area contributed by atoms with Gasteiger partial charge in [0.15, 0.2) is 0 Å². The first kappa shape index (κ1) is 16.0. The van der Waals surface area contributed by atoms with Crippen LogP contribution in [-0.4, -0.2) is 29.3 Å². The molecular formula is C4H11NO3Pd. The Balaban J connectivity index is -0.0000000720. The predicted octanol–water partition coefficient (Wildman–Crippen LogP) is -0.974. The number of rotatable bonds is 1. The molecule has 0 heterocycles. The molecule has 0 saturated heterocycles. The second-order valence-corrected chi connectivity index (χ2v) is 1.03. The molecule has 0 aromatic carbocycles. The van der Waals surface area contributed by atoms with Crippen LogP contribution in [0.15, 0.2) is 0 Å². The van der Waals surface area contributed by atoms with Gasteiger partial charge in [0.25, 0.3) is 5.97 Å². The van der Waals surface area contributed by atoms with Crippen molar-refractivity contribution in [1.29, 1.82) is 0 Å². The third-order valence-electron chi connectivity index (χ3n) is 0.129. The number of carboxylic acid groups (broad SMARTS) is 1. The van der Waals surface area contributed by atoms with Crippen LogP contribution < -0.4 is 5.73 Å². The van der Waals surface area contributed by atoms with Crippen molar-refractivity contribution in [2.45, 2.75) is 6.92 Å². The molecule has 0 aromatic rings. The fourth-order valence-electron chi connectivity index (χ4n) is 0. The molecule has 0 aliphatic heterocycles. The van der Waals surface area contributed by atoms with E-state index in [0.29, 0.717) is 6.54 Å². The van der Waals surface area contributed by atoms with Gasteiger partial charge in [-0.25, -0.2) is 0 Å². The van der Waals surface area contributed by atoms with Crippen LogP contribution in [0.3, 0.4) is 0 Å². The van der Waals surface area contributed by atoms with Crippen molar-refractivity contribution in [3.05, 3.63) is 0 Å². The summed E-state index contributed by atoms with van der Waals surface area (Å²) in [5, 5.41) is 15.2. The molecule has 0 unspecified atom stereocenters. The SMILES string of the molecule is CC(=O)O.NCCO.[Pd]. The largest absolute Gasteiger partial charge is 0.481 e. The van der Waals surface area contributed by atoms with Crippen LogP contribution in [0.25, 0.3) is 0 Å². The Bertz CT molecular complexity index is 53.8. The molecule has 0 spiro atoms. The summed E-state index contributed by atoms with van der Waals surface area (Å²) in [6, 6.07) is 0. The fraction of sp³-hybridized carbons (Fsp3) is 0.750. The molecule has 0 atom stereocenters. The second-order valence-electron chi connectivity index (χ2n) is 1.03. The van der Waals surface area contributed by atoms with Gasteiger partial charge < -0.3 is 15.9 Å². The van der Waals surface area contributed by atoms with E-state index in [4.69, 9.17) is 20.7 Å². The molecule has 4 N–H and O–H groups in total. The molecular weight excluding hydrogens is 216 g/mol. The molecule has 9 heavy (non-hydrogen) atoms. The zero-order valence-corrected chi connectivity index (χ0v) is 6.67. The van der Waals surface area contributed by atoms with Gasteiger partial charge in [-0.2, -0.15) is 0 Å². The minimum absolute atomic E-state index is 0. The number of carbonyl (C=O) groups is 1. The van der Waals surface area contributed by atoms with Crippen LogP contribution in [0.5, 0.6) is 0 Å². The van der Waals surface area contributed by atoms with Gasteiger partial charge in [0, 0.05) is 33.9 Å². The van der Waals surface area contributed by atoms with Gasteiger partial charge in [-0.1, -0.05) is 0 Å². The van der Waals surface area contributed by atoms with Crippen LogP contribution in [0.1, 0.15) is 6.92 Å². The maximum Gasteiger partial charge on any atom is 0.300 e. The molecule has 60 valence electrons. The van der Waals surface area contributed by atoms with Crippen LogP contribution in [-0.2, 0) is 25.2 Å². The van der Waals surface area contributed by atoms with E-state index >= 15 is 0 Å². The van der Waals surface area contributed by atoms with Gasteiger partial charge in [-0.05, 0) is 0 Å². The van der Waals surface area contributed by atoms with E-state index in [2.05, 4.69) is 0 Å². The number of carboxylic acids is 1. The number of hydrogen-bond donors (Lipinski definition) is 3. The zero-order chi connectivity index (χ0) is 6.99. The Hall–Kier alpha value is 0.0523. The van der Waals surface area contributed by atoms with E-state index in [1.165, 1.54) is 0 Å². The van der Waals surface area contributed by atoms with Crippen molar-refractivity contribution >= 4 is 5.97 Å². The summed E-state index contributed by atoms with van der Waals surface area (Å²) >= 11 is 0. The summed E-state index contributed by atoms with van der Waals surface area (Å²) in [5.74, 6) is -0.833. The van der Waals surface area contributed by atoms with Crippen molar-refractivity contribution in [2.24, 2.45) is 5.73 Å². The fourth-order valence-corrected chi connectivity index (χ4v) is 0. The molecule has 4 nitrogen and oxygen atoms in total. The molecule has 0 bridgehead atoms. The van der Waals surface area contributed by atoms with Gasteiger partial charge in [0.2, 0.25) is 0 Å². The van der Waals surface area contributed by atoms with Crippen molar-refractivity contribution in [1.82, 2.24) is 0 Å². The number of aliphatic hydroxyl groups is 1. The van der Waals surface area contributed by atoms with Gasteiger partial charge >= 0.3 is 0 Å². The molecule has 0 aromatic heterocycles. The normalized spacial score (nSPS) is 6.11. The standard InChI is InChI=1S/C2H7NO.C2H4O2.Pd/c3-1-2-4;1-2(3)4;/h4H,1-3H2;1H3,(H,3,4);. The van der Waals surface area contributed by atoms with Gasteiger partial charge in [-0.15, -0.1) is 0 Å². The van der Waals surface area contributed by atoms with E-state index in [9.17, 15) is 0 Å². The Labute approximate surface area is 67.7 Å². The summed E-state index contributed by atoms with van der Waals surface area (Å²) in [6.45, 7) is 1.56. The van der Waals surface area contributed by atoms with E-state index in [1.807, 2.05) is 0 Å². The Kier molecular flexibility index (Phi) is 27.9. The van der Waals surface area contributed by atoms with Crippen LogP contribution in [0.4, 0.5) is 0 Å². The summed E-state index contributed by atoms with van der Waals surface area (Å²) < 4.78 is 0. The van der Waals surface area contributed by atoms with Gasteiger partial charge in [0.1, 0.15) is 0 Å². The molecule has 0 fully saturated rings. The van der Waals surface area contributed by atoms with Crippen molar-refractivity contribution in [2.75, 3.05) is 13.2 Å². The molecule has 0 radical (unpaired) electrons. The first-order valence-electron chi connectivity index (χ1n) is 2.15. The summed E-state index contributed by atoms with van der Waals surface area (Å²) in [7, 11) is 0. The number of aliphatic carboxylic acids is 1. The minimum atomic E-state index is -0.833. The van der Waals surface area contributed by atoms with Crippen LogP contribution >= 0.6 is 0 Å². The smallest absolute Gasteiger partial charge is 0.300 e. The van der Waals surface area contributed by atoms with Crippen LogP contribution in [0.2, 0.25) is 0 Å². The Morgan fingerprint density at radius 3 is 1.78 bits per heavy atom. The van der Waals surface area contributed by atoms with Gasteiger partial charge in [-0.3, -0.25) is 4.79 Å². The third kappa shape index (κ3) is 266. The minimum Gasteiger partial charge on any atom is -0.481 e. The molecule has 0 aliphatic rings. The first-order valence-corrected chi connectivity index (χ1v) is 2.15. The topological polar surface area (TPSA) is 83.5 Å². The van der Waals surface area contributed by atoms with Crippen LogP contribution in [0, 0.1) is 0 Å². The van der Waals surface area contributed by atoms with Crippen molar-refractivity contribution in [3.63, 3.8) is 0 Å². The first-order chi connectivity index (χ1) is 3.65. The summed E-state index contributed by atoms with van der Waals surface area (Å²) in [4.78, 5) is 9.00. The molecule has 0 amide bonds. The molecule has 0 aliphatic carbocycles. The number of hydrogen-bond acceptors (Lipinski definition) is 3. The number of nitrogens with two attached hydrogens (primary N) is 1. The van der Waals surface area contributed by atoms with E-state index in [1.54, 1.807) is 0 Å². The van der Waals surface area contributed by atoms with E-state index in [-0.39, 0.29) is 27.0 Å². The molecule has 5 heteroatoms.